The Morgan fingerprint density at radius 2 is 2.10 bits per heavy atom. The van der Waals surface area contributed by atoms with Crippen LogP contribution in [-0.4, -0.2) is 30.4 Å². The summed E-state index contributed by atoms with van der Waals surface area (Å²) in [6, 6.07) is 8.83. The van der Waals surface area contributed by atoms with Gasteiger partial charge in [0.2, 0.25) is 5.91 Å². The first kappa shape index (κ1) is 14.5. The molecule has 1 fully saturated rings. The third-order valence-electron chi connectivity index (χ3n) is 4.12. The molecule has 0 saturated heterocycles. The summed E-state index contributed by atoms with van der Waals surface area (Å²) in [7, 11) is 1.99. The number of carbonyl (C=O) groups is 1. The Kier molecular flexibility index (Phi) is 4.41. The number of amides is 1. The van der Waals surface area contributed by atoms with Gasteiger partial charge in [0.1, 0.15) is 0 Å². The third-order valence-corrected chi connectivity index (χ3v) is 4.12. The first-order chi connectivity index (χ1) is 9.51. The molecule has 0 bridgehead atoms. The van der Waals surface area contributed by atoms with Crippen molar-refractivity contribution in [2.24, 2.45) is 11.8 Å². The van der Waals surface area contributed by atoms with E-state index in [2.05, 4.69) is 23.2 Å². The summed E-state index contributed by atoms with van der Waals surface area (Å²) in [4.78, 5) is 14.3. The number of hydrogen-bond acceptors (Lipinski definition) is 3. The van der Waals surface area contributed by atoms with Crippen LogP contribution in [0.1, 0.15) is 25.8 Å². The van der Waals surface area contributed by atoms with Crippen molar-refractivity contribution in [1.29, 1.82) is 5.26 Å². The lowest BCUT2D eigenvalue weighted by atomic mass is 10.2. The van der Waals surface area contributed by atoms with Crippen LogP contribution in [0.4, 0.5) is 5.69 Å². The Bertz CT molecular complexity index is 518. The lowest BCUT2D eigenvalue weighted by molar-refractivity contribution is -0.120. The van der Waals surface area contributed by atoms with Crippen LogP contribution >= 0.6 is 0 Å². The summed E-state index contributed by atoms with van der Waals surface area (Å²) in [5.41, 5.74) is 1.32. The van der Waals surface area contributed by atoms with Crippen molar-refractivity contribution in [3.63, 3.8) is 0 Å². The first-order valence-electron chi connectivity index (χ1n) is 7.02. The van der Waals surface area contributed by atoms with Crippen molar-refractivity contribution < 1.29 is 4.79 Å². The van der Waals surface area contributed by atoms with Crippen molar-refractivity contribution in [1.82, 2.24) is 4.90 Å². The molecule has 2 rings (SSSR count). The van der Waals surface area contributed by atoms with E-state index in [0.717, 1.165) is 24.1 Å². The highest BCUT2D eigenvalue weighted by Gasteiger charge is 2.34. The summed E-state index contributed by atoms with van der Waals surface area (Å²) in [6.45, 7) is 5.15. The number of anilines is 1. The number of rotatable bonds is 5. The molecule has 1 aromatic carbocycles. The molecular formula is C16H21N3O. The maximum Gasteiger partial charge on any atom is 0.241 e. The lowest BCUT2D eigenvalue weighted by Gasteiger charge is -2.23. The summed E-state index contributed by atoms with van der Waals surface area (Å²) in [5.74, 6) is 1.53. The maximum atomic E-state index is 12.2. The molecule has 4 heteroatoms. The SMILES string of the molecule is CC1CC1CN(C)C(C)C(=O)Nc1ccc(C#N)cc1. The van der Waals surface area contributed by atoms with E-state index in [-0.39, 0.29) is 11.9 Å². The standard InChI is InChI=1S/C16H21N3O/c1-11-8-14(11)10-19(3)12(2)16(20)18-15-6-4-13(9-17)5-7-15/h4-7,11-12,14H,8,10H2,1-3H3,(H,18,20). The highest BCUT2D eigenvalue weighted by atomic mass is 16.2. The van der Waals surface area contributed by atoms with Crippen LogP contribution in [0.2, 0.25) is 0 Å². The zero-order chi connectivity index (χ0) is 14.7. The van der Waals surface area contributed by atoms with E-state index in [4.69, 9.17) is 5.26 Å². The van der Waals surface area contributed by atoms with Gasteiger partial charge in [0.05, 0.1) is 17.7 Å². The number of carbonyl (C=O) groups excluding carboxylic acids is 1. The molecule has 0 spiro atoms. The van der Waals surface area contributed by atoms with E-state index >= 15 is 0 Å². The van der Waals surface area contributed by atoms with Crippen molar-refractivity contribution in [2.45, 2.75) is 26.3 Å². The Balaban J connectivity index is 1.87. The van der Waals surface area contributed by atoms with Crippen molar-refractivity contribution >= 4 is 11.6 Å². The zero-order valence-electron chi connectivity index (χ0n) is 12.3. The number of benzene rings is 1. The van der Waals surface area contributed by atoms with Crippen LogP contribution in [0, 0.1) is 23.2 Å². The van der Waals surface area contributed by atoms with Gasteiger partial charge in [-0.2, -0.15) is 5.26 Å². The van der Waals surface area contributed by atoms with E-state index in [9.17, 15) is 4.79 Å². The number of hydrogen-bond donors (Lipinski definition) is 1. The summed E-state index contributed by atoms with van der Waals surface area (Å²) >= 11 is 0. The van der Waals surface area contributed by atoms with E-state index in [1.54, 1.807) is 24.3 Å². The molecule has 0 radical (unpaired) electrons. The van der Waals surface area contributed by atoms with Gasteiger partial charge in [0, 0.05) is 12.2 Å². The molecule has 1 aliphatic carbocycles. The quantitative estimate of drug-likeness (QED) is 0.895. The average Bonchev–Trinajstić information content (AvgIpc) is 3.13. The third kappa shape index (κ3) is 3.58. The summed E-state index contributed by atoms with van der Waals surface area (Å²) in [6.07, 6.45) is 1.27. The van der Waals surface area contributed by atoms with Gasteiger partial charge in [-0.1, -0.05) is 6.92 Å². The monoisotopic (exact) mass is 271 g/mol. The van der Waals surface area contributed by atoms with Gasteiger partial charge in [0.25, 0.3) is 0 Å². The minimum absolute atomic E-state index is 0.00879. The number of nitrogens with one attached hydrogen (secondary N) is 1. The van der Waals surface area contributed by atoms with Crippen molar-refractivity contribution in [2.75, 3.05) is 18.9 Å². The molecule has 0 aromatic heterocycles. The van der Waals surface area contributed by atoms with Crippen LogP contribution in [0.3, 0.4) is 0 Å². The zero-order valence-corrected chi connectivity index (χ0v) is 12.3. The minimum atomic E-state index is -0.154. The average molecular weight is 271 g/mol. The summed E-state index contributed by atoms with van der Waals surface area (Å²) in [5, 5.41) is 11.6. The van der Waals surface area contributed by atoms with E-state index < -0.39 is 0 Å². The fourth-order valence-electron chi connectivity index (χ4n) is 2.26. The molecule has 3 unspecified atom stereocenters. The van der Waals surface area contributed by atoms with Gasteiger partial charge in [-0.15, -0.1) is 0 Å². The van der Waals surface area contributed by atoms with Gasteiger partial charge < -0.3 is 5.32 Å². The smallest absolute Gasteiger partial charge is 0.241 e. The summed E-state index contributed by atoms with van der Waals surface area (Å²) < 4.78 is 0. The second-order valence-corrected chi connectivity index (χ2v) is 5.77. The number of nitrogens with zero attached hydrogens (tertiary/aromatic N) is 2. The van der Waals surface area contributed by atoms with Crippen molar-refractivity contribution in [3.05, 3.63) is 29.8 Å². The molecule has 20 heavy (non-hydrogen) atoms. The Hall–Kier alpha value is -1.86. The molecule has 0 heterocycles. The largest absolute Gasteiger partial charge is 0.325 e. The molecule has 4 nitrogen and oxygen atoms in total. The van der Waals surface area contributed by atoms with Gasteiger partial charge in [-0.05, 0) is 56.5 Å². The van der Waals surface area contributed by atoms with Crippen molar-refractivity contribution in [3.8, 4) is 6.07 Å². The van der Waals surface area contributed by atoms with Crippen LogP contribution in [-0.2, 0) is 4.79 Å². The molecule has 3 atom stereocenters. The molecule has 106 valence electrons. The lowest BCUT2D eigenvalue weighted by Crippen LogP contribution is -2.40. The predicted octanol–water partition coefficient (Wildman–Crippen LogP) is 2.47. The highest BCUT2D eigenvalue weighted by molar-refractivity contribution is 5.94. The number of likely N-dealkylation sites (N-methyl/N-ethyl adjacent to an activating group) is 1. The van der Waals surface area contributed by atoms with Crippen LogP contribution in [0.15, 0.2) is 24.3 Å². The molecule has 1 N–H and O–H groups in total. The van der Waals surface area contributed by atoms with Gasteiger partial charge >= 0.3 is 0 Å². The number of nitriles is 1. The van der Waals surface area contributed by atoms with Crippen LogP contribution in [0.5, 0.6) is 0 Å². The highest BCUT2D eigenvalue weighted by Crippen LogP contribution is 2.38. The Morgan fingerprint density at radius 3 is 2.60 bits per heavy atom. The molecular weight excluding hydrogens is 250 g/mol. The molecule has 1 aliphatic rings. The van der Waals surface area contributed by atoms with E-state index in [0.29, 0.717) is 5.56 Å². The molecule has 1 aromatic rings. The first-order valence-corrected chi connectivity index (χ1v) is 7.02. The maximum absolute atomic E-state index is 12.2. The van der Waals surface area contributed by atoms with Gasteiger partial charge in [-0.3, -0.25) is 9.69 Å². The topological polar surface area (TPSA) is 56.1 Å². The van der Waals surface area contributed by atoms with E-state index in [1.807, 2.05) is 14.0 Å². The van der Waals surface area contributed by atoms with Crippen LogP contribution in [0.25, 0.3) is 0 Å². The normalized spacial score (nSPS) is 22.1. The second kappa shape index (κ2) is 6.06. The molecule has 0 aliphatic heterocycles. The second-order valence-electron chi connectivity index (χ2n) is 5.77. The Morgan fingerprint density at radius 1 is 1.50 bits per heavy atom. The minimum Gasteiger partial charge on any atom is -0.325 e. The van der Waals surface area contributed by atoms with Gasteiger partial charge in [0.15, 0.2) is 0 Å². The Labute approximate surface area is 120 Å². The molecule has 1 amide bonds. The fourth-order valence-corrected chi connectivity index (χ4v) is 2.26. The van der Waals surface area contributed by atoms with Crippen LogP contribution < -0.4 is 5.32 Å². The van der Waals surface area contributed by atoms with E-state index in [1.165, 1.54) is 6.42 Å². The molecule has 1 saturated carbocycles. The van der Waals surface area contributed by atoms with Gasteiger partial charge in [-0.25, -0.2) is 0 Å². The predicted molar refractivity (Wildman–Crippen MR) is 79.1 cm³/mol. The fraction of sp³-hybridized carbons (Fsp3) is 0.500.